The Labute approximate surface area is 142 Å². The summed E-state index contributed by atoms with van der Waals surface area (Å²) in [4.78, 5) is 16.9. The predicted octanol–water partition coefficient (Wildman–Crippen LogP) is 2.85. The van der Waals surface area contributed by atoms with Crippen molar-refractivity contribution in [2.75, 3.05) is 7.11 Å². The van der Waals surface area contributed by atoms with Crippen molar-refractivity contribution in [1.82, 2.24) is 19.9 Å². The molecule has 0 aliphatic rings. The smallest absolute Gasteiger partial charge is 0.333 e. The first-order valence-corrected chi connectivity index (χ1v) is 7.67. The summed E-state index contributed by atoms with van der Waals surface area (Å²) in [6.45, 7) is 0. The number of imidazole rings is 1. The first-order valence-electron chi connectivity index (χ1n) is 7.67. The summed E-state index contributed by atoms with van der Waals surface area (Å²) in [5, 5.41) is 7.82. The fourth-order valence-electron chi connectivity index (χ4n) is 2.87. The fraction of sp³-hybridized carbons (Fsp3) is 0.111. The van der Waals surface area contributed by atoms with Crippen molar-refractivity contribution >= 4 is 17.0 Å². The molecule has 0 fully saturated rings. The number of fused-ring (bicyclic) bond motifs is 1. The number of esters is 1. The van der Waals surface area contributed by atoms with Crippen LogP contribution in [0.15, 0.2) is 65.6 Å². The summed E-state index contributed by atoms with van der Waals surface area (Å²) in [5.74, 6) is 0.205. The van der Waals surface area contributed by atoms with Crippen LogP contribution >= 0.6 is 0 Å². The molecule has 0 aliphatic carbocycles. The van der Waals surface area contributed by atoms with Crippen molar-refractivity contribution < 1.29 is 14.2 Å². The number of hydrogen-bond donors (Lipinski definition) is 0. The van der Waals surface area contributed by atoms with Crippen molar-refractivity contribution in [2.24, 2.45) is 0 Å². The quantitative estimate of drug-likeness (QED) is 0.534. The van der Waals surface area contributed by atoms with Crippen molar-refractivity contribution in [3.05, 3.63) is 66.5 Å². The van der Waals surface area contributed by atoms with E-state index in [0.717, 1.165) is 11.1 Å². The summed E-state index contributed by atoms with van der Waals surface area (Å²) >= 11 is 0. The maximum atomic E-state index is 12.5. The van der Waals surface area contributed by atoms with Gasteiger partial charge >= 0.3 is 5.97 Å². The van der Waals surface area contributed by atoms with E-state index >= 15 is 0 Å². The average Bonchev–Trinajstić information content (AvgIpc) is 3.32. The first-order chi connectivity index (χ1) is 12.3. The van der Waals surface area contributed by atoms with Crippen LogP contribution in [-0.2, 0) is 9.53 Å². The summed E-state index contributed by atoms with van der Waals surface area (Å²) in [7, 11) is 1.37. The number of aromatic nitrogens is 4. The third kappa shape index (κ3) is 2.55. The predicted molar refractivity (Wildman–Crippen MR) is 89.6 cm³/mol. The lowest BCUT2D eigenvalue weighted by atomic mass is 10.1. The minimum Gasteiger partial charge on any atom is -0.467 e. The van der Waals surface area contributed by atoms with Gasteiger partial charge in [0.15, 0.2) is 6.04 Å². The van der Waals surface area contributed by atoms with Crippen molar-refractivity contribution in [3.8, 4) is 11.4 Å². The summed E-state index contributed by atoms with van der Waals surface area (Å²) in [5.41, 5.74) is 2.75. The van der Waals surface area contributed by atoms with Crippen LogP contribution in [0, 0.1) is 0 Å². The maximum absolute atomic E-state index is 12.5. The van der Waals surface area contributed by atoms with Gasteiger partial charge in [0.2, 0.25) is 0 Å². The Balaban J connectivity index is 1.90. The Hall–Kier alpha value is -3.48. The zero-order valence-corrected chi connectivity index (χ0v) is 13.4. The SMILES string of the molecule is COC(=O)[C@H](c1ccccc1)n1ccnc1-c1cccc2nonc12. The Morgan fingerprint density at radius 2 is 1.96 bits per heavy atom. The molecule has 4 rings (SSSR count). The Kier molecular flexibility index (Phi) is 3.74. The van der Waals surface area contributed by atoms with Crippen molar-refractivity contribution in [2.45, 2.75) is 6.04 Å². The Morgan fingerprint density at radius 3 is 2.76 bits per heavy atom. The van der Waals surface area contributed by atoms with Crippen LogP contribution in [0.25, 0.3) is 22.4 Å². The molecule has 7 heteroatoms. The van der Waals surface area contributed by atoms with E-state index in [1.54, 1.807) is 23.0 Å². The number of carbonyl (C=O) groups is 1. The summed E-state index contributed by atoms with van der Waals surface area (Å²) < 4.78 is 11.6. The van der Waals surface area contributed by atoms with Crippen molar-refractivity contribution in [3.63, 3.8) is 0 Å². The molecule has 0 saturated carbocycles. The van der Waals surface area contributed by atoms with Crippen LogP contribution in [0.2, 0.25) is 0 Å². The number of nitrogens with zero attached hydrogens (tertiary/aromatic N) is 4. The van der Waals surface area contributed by atoms with Gasteiger partial charge in [-0.3, -0.25) is 0 Å². The van der Waals surface area contributed by atoms with Crippen LogP contribution in [0.5, 0.6) is 0 Å². The normalized spacial score (nSPS) is 12.2. The molecule has 2 heterocycles. The lowest BCUT2D eigenvalue weighted by Gasteiger charge is -2.19. The highest BCUT2D eigenvalue weighted by Gasteiger charge is 2.26. The van der Waals surface area contributed by atoms with Gasteiger partial charge in [0.25, 0.3) is 0 Å². The molecule has 0 amide bonds. The van der Waals surface area contributed by atoms with Gasteiger partial charge in [-0.05, 0) is 28.0 Å². The second kappa shape index (κ2) is 6.20. The standard InChI is InChI=1S/C18H14N4O3/c1-24-18(23)16(12-6-3-2-4-7-12)22-11-10-19-17(22)13-8-5-9-14-15(13)21-25-20-14/h2-11,16H,1H3/t16-/m0/s1. The van der Waals surface area contributed by atoms with E-state index in [1.807, 2.05) is 42.5 Å². The van der Waals surface area contributed by atoms with Gasteiger partial charge in [-0.25, -0.2) is 14.4 Å². The molecule has 0 unspecified atom stereocenters. The zero-order chi connectivity index (χ0) is 17.2. The van der Waals surface area contributed by atoms with E-state index < -0.39 is 6.04 Å². The number of rotatable bonds is 4. The number of hydrogen-bond acceptors (Lipinski definition) is 6. The molecule has 0 N–H and O–H groups in total. The number of carbonyl (C=O) groups excluding carboxylic acids is 1. The molecule has 25 heavy (non-hydrogen) atoms. The monoisotopic (exact) mass is 334 g/mol. The summed E-state index contributed by atoms with van der Waals surface area (Å²) in [6, 6.07) is 14.3. The second-order valence-corrected chi connectivity index (χ2v) is 5.43. The van der Waals surface area contributed by atoms with Gasteiger partial charge in [0.1, 0.15) is 16.9 Å². The maximum Gasteiger partial charge on any atom is 0.333 e. The molecule has 0 radical (unpaired) electrons. The van der Waals surface area contributed by atoms with Crippen LogP contribution in [0.1, 0.15) is 11.6 Å². The van der Waals surface area contributed by atoms with Crippen LogP contribution in [0.3, 0.4) is 0 Å². The van der Waals surface area contributed by atoms with Crippen LogP contribution in [-0.4, -0.2) is 32.9 Å². The average molecular weight is 334 g/mol. The molecular formula is C18H14N4O3. The molecule has 4 aromatic rings. The number of benzene rings is 2. The van der Waals surface area contributed by atoms with Gasteiger partial charge in [0, 0.05) is 18.0 Å². The van der Waals surface area contributed by atoms with Gasteiger partial charge < -0.3 is 9.30 Å². The molecule has 0 bridgehead atoms. The first kappa shape index (κ1) is 15.1. The molecule has 2 aromatic heterocycles. The van der Waals surface area contributed by atoms with Gasteiger partial charge in [-0.1, -0.05) is 36.4 Å². The molecule has 124 valence electrons. The second-order valence-electron chi connectivity index (χ2n) is 5.43. The third-order valence-corrected chi connectivity index (χ3v) is 4.01. The van der Waals surface area contributed by atoms with Crippen LogP contribution in [0.4, 0.5) is 0 Å². The van der Waals surface area contributed by atoms with E-state index in [1.165, 1.54) is 7.11 Å². The fourth-order valence-corrected chi connectivity index (χ4v) is 2.87. The number of methoxy groups -OCH3 is 1. The zero-order valence-electron chi connectivity index (χ0n) is 13.4. The Bertz CT molecular complexity index is 1020. The third-order valence-electron chi connectivity index (χ3n) is 4.01. The highest BCUT2D eigenvalue weighted by molar-refractivity contribution is 5.89. The lowest BCUT2D eigenvalue weighted by molar-refractivity contribution is -0.143. The van der Waals surface area contributed by atoms with E-state index in [2.05, 4.69) is 15.3 Å². The van der Waals surface area contributed by atoms with Crippen LogP contribution < -0.4 is 0 Å². The molecule has 2 aromatic carbocycles. The van der Waals surface area contributed by atoms with Gasteiger partial charge in [0.05, 0.1) is 7.11 Å². The molecule has 7 nitrogen and oxygen atoms in total. The molecule has 0 aliphatic heterocycles. The van der Waals surface area contributed by atoms with E-state index in [-0.39, 0.29) is 5.97 Å². The molecular weight excluding hydrogens is 320 g/mol. The van der Waals surface area contributed by atoms with Gasteiger partial charge in [-0.2, -0.15) is 0 Å². The number of ether oxygens (including phenoxy) is 1. The van der Waals surface area contributed by atoms with E-state index in [9.17, 15) is 4.79 Å². The van der Waals surface area contributed by atoms with E-state index in [0.29, 0.717) is 16.9 Å². The largest absolute Gasteiger partial charge is 0.467 e. The lowest BCUT2D eigenvalue weighted by Crippen LogP contribution is -2.22. The minimum absolute atomic E-state index is 0.379. The molecule has 0 spiro atoms. The molecule has 1 atom stereocenters. The molecule has 0 saturated heterocycles. The van der Waals surface area contributed by atoms with E-state index in [4.69, 9.17) is 9.37 Å². The highest BCUT2D eigenvalue weighted by atomic mass is 16.6. The minimum atomic E-state index is -0.654. The van der Waals surface area contributed by atoms with Gasteiger partial charge in [-0.15, -0.1) is 0 Å². The van der Waals surface area contributed by atoms with Crippen molar-refractivity contribution in [1.29, 1.82) is 0 Å². The Morgan fingerprint density at radius 1 is 1.12 bits per heavy atom. The topological polar surface area (TPSA) is 83.0 Å². The summed E-state index contributed by atoms with van der Waals surface area (Å²) in [6.07, 6.45) is 3.39. The highest BCUT2D eigenvalue weighted by Crippen LogP contribution is 2.30.